The van der Waals surface area contributed by atoms with Gasteiger partial charge in [0.1, 0.15) is 0 Å². The Labute approximate surface area is 180 Å². The zero-order valence-electron chi connectivity index (χ0n) is 16.5. The summed E-state index contributed by atoms with van der Waals surface area (Å²) in [5.41, 5.74) is 0.300. The van der Waals surface area contributed by atoms with Crippen LogP contribution in [-0.2, 0) is 23.9 Å². The Kier molecular flexibility index (Phi) is 7.19. The minimum Gasteiger partial charge on any atom is -0.325 e. The molecule has 1 N–H and O–H groups in total. The van der Waals surface area contributed by atoms with Crippen molar-refractivity contribution in [2.45, 2.75) is 44.6 Å². The molecule has 0 saturated carbocycles. The summed E-state index contributed by atoms with van der Waals surface area (Å²) in [6.45, 7) is 4.74. The van der Waals surface area contributed by atoms with Crippen LogP contribution >= 0.6 is 23.1 Å². The van der Waals surface area contributed by atoms with E-state index in [-0.39, 0.29) is 11.4 Å². The number of hydrogen-bond acceptors (Lipinski definition) is 5. The molecule has 0 radical (unpaired) electrons. The fraction of sp³-hybridized carbons (Fsp3) is 0.350. The van der Waals surface area contributed by atoms with Crippen molar-refractivity contribution in [3.63, 3.8) is 0 Å². The van der Waals surface area contributed by atoms with Crippen molar-refractivity contribution in [2.75, 3.05) is 11.1 Å². The third kappa shape index (κ3) is 5.42. The number of hydrogen-bond donors (Lipinski definition) is 1. The monoisotopic (exact) mass is 454 g/mol. The van der Waals surface area contributed by atoms with Gasteiger partial charge in [0.15, 0.2) is 11.0 Å². The number of rotatable bonds is 8. The fourth-order valence-electron chi connectivity index (χ4n) is 2.87. The number of nitrogens with one attached hydrogen (secondary N) is 1. The normalized spacial score (nSPS) is 11.6. The number of carbonyl (C=O) groups is 1. The highest BCUT2D eigenvalue weighted by atomic mass is 32.2. The predicted molar refractivity (Wildman–Crippen MR) is 114 cm³/mol. The number of thiophene rings is 1. The first kappa shape index (κ1) is 22.4. The van der Waals surface area contributed by atoms with Gasteiger partial charge in [0.2, 0.25) is 5.91 Å². The molecule has 0 atom stereocenters. The number of alkyl halides is 3. The minimum absolute atomic E-state index is 0.0130. The molecule has 0 fully saturated rings. The Bertz CT molecular complexity index is 1010. The van der Waals surface area contributed by atoms with E-state index in [2.05, 4.69) is 33.9 Å². The van der Waals surface area contributed by atoms with Gasteiger partial charge < -0.3 is 9.88 Å². The summed E-state index contributed by atoms with van der Waals surface area (Å²) in [7, 11) is 0. The van der Waals surface area contributed by atoms with Crippen LogP contribution in [-0.4, -0.2) is 26.4 Å². The number of aromatic nitrogens is 3. The van der Waals surface area contributed by atoms with E-state index in [9.17, 15) is 18.0 Å². The largest absolute Gasteiger partial charge is 0.416 e. The molecular formula is C20H21F3N4OS2. The van der Waals surface area contributed by atoms with Crippen molar-refractivity contribution in [2.24, 2.45) is 0 Å². The van der Waals surface area contributed by atoms with Gasteiger partial charge in [-0.2, -0.15) is 13.2 Å². The second-order valence-electron chi connectivity index (χ2n) is 6.52. The van der Waals surface area contributed by atoms with Crippen molar-refractivity contribution in [1.82, 2.24) is 14.8 Å². The molecule has 0 spiro atoms. The van der Waals surface area contributed by atoms with Gasteiger partial charge in [0.05, 0.1) is 11.3 Å². The van der Waals surface area contributed by atoms with Crippen LogP contribution in [0.5, 0.6) is 0 Å². The maximum atomic E-state index is 12.8. The van der Waals surface area contributed by atoms with E-state index in [0.29, 0.717) is 11.7 Å². The molecular weight excluding hydrogens is 433 g/mol. The molecule has 5 nitrogen and oxygen atoms in total. The van der Waals surface area contributed by atoms with Crippen molar-refractivity contribution < 1.29 is 18.0 Å². The highest BCUT2D eigenvalue weighted by molar-refractivity contribution is 7.99. The number of carbonyl (C=O) groups excluding carboxylic acids is 1. The highest BCUT2D eigenvalue weighted by Gasteiger charge is 2.30. The van der Waals surface area contributed by atoms with Crippen LogP contribution in [0.2, 0.25) is 0 Å². The zero-order valence-corrected chi connectivity index (χ0v) is 18.1. The van der Waals surface area contributed by atoms with Crippen molar-refractivity contribution in [3.05, 3.63) is 46.2 Å². The second-order valence-corrected chi connectivity index (χ2v) is 8.46. The Hall–Kier alpha value is -2.33. The summed E-state index contributed by atoms with van der Waals surface area (Å²) in [5.74, 6) is 0.350. The van der Waals surface area contributed by atoms with Gasteiger partial charge in [-0.3, -0.25) is 4.79 Å². The number of benzene rings is 1. The summed E-state index contributed by atoms with van der Waals surface area (Å²) < 4.78 is 40.4. The third-order valence-electron chi connectivity index (χ3n) is 4.25. The van der Waals surface area contributed by atoms with Crippen molar-refractivity contribution in [1.29, 1.82) is 0 Å². The summed E-state index contributed by atoms with van der Waals surface area (Å²) in [4.78, 5) is 13.5. The Morgan fingerprint density at radius 1 is 1.23 bits per heavy atom. The fourth-order valence-corrected chi connectivity index (χ4v) is 4.64. The topological polar surface area (TPSA) is 59.8 Å². The summed E-state index contributed by atoms with van der Waals surface area (Å²) in [6.07, 6.45) is -2.37. The molecule has 0 unspecified atom stereocenters. The van der Waals surface area contributed by atoms with Gasteiger partial charge >= 0.3 is 6.18 Å². The average molecular weight is 455 g/mol. The first-order valence-electron chi connectivity index (χ1n) is 9.42. The summed E-state index contributed by atoms with van der Waals surface area (Å²) in [6, 6.07) is 6.68. The van der Waals surface area contributed by atoms with Crippen LogP contribution in [0.3, 0.4) is 0 Å². The molecule has 0 saturated heterocycles. The smallest absolute Gasteiger partial charge is 0.325 e. The maximum Gasteiger partial charge on any atom is 0.416 e. The molecule has 10 heteroatoms. The number of anilines is 1. The lowest BCUT2D eigenvalue weighted by molar-refractivity contribution is -0.137. The molecule has 0 aliphatic rings. The quantitative estimate of drug-likeness (QED) is 0.442. The molecule has 160 valence electrons. The molecule has 1 aromatic carbocycles. The molecule has 0 aliphatic heterocycles. The molecule has 1 amide bonds. The number of halogens is 3. The van der Waals surface area contributed by atoms with E-state index in [1.807, 2.05) is 11.5 Å². The van der Waals surface area contributed by atoms with Crippen LogP contribution in [0.1, 0.15) is 30.7 Å². The van der Waals surface area contributed by atoms with Gasteiger partial charge in [-0.1, -0.05) is 31.2 Å². The van der Waals surface area contributed by atoms with E-state index in [0.717, 1.165) is 36.4 Å². The molecule has 3 aromatic rings. The Morgan fingerprint density at radius 2 is 2.03 bits per heavy atom. The number of nitrogens with zero attached hydrogens (tertiary/aromatic N) is 3. The highest BCUT2D eigenvalue weighted by Crippen LogP contribution is 2.31. The van der Waals surface area contributed by atoms with E-state index >= 15 is 0 Å². The molecule has 2 heterocycles. The Balaban J connectivity index is 1.66. The van der Waals surface area contributed by atoms with Crippen LogP contribution < -0.4 is 5.32 Å². The van der Waals surface area contributed by atoms with E-state index in [4.69, 9.17) is 0 Å². The number of amides is 1. The number of aryl methyl sites for hydroxylation is 1. The van der Waals surface area contributed by atoms with E-state index in [1.165, 1.54) is 28.8 Å². The third-order valence-corrected chi connectivity index (χ3v) is 6.21. The lowest BCUT2D eigenvalue weighted by Gasteiger charge is -2.10. The maximum absolute atomic E-state index is 12.8. The molecule has 0 bridgehead atoms. The average Bonchev–Trinajstić information content (AvgIpc) is 3.32. The van der Waals surface area contributed by atoms with Gasteiger partial charge in [0, 0.05) is 28.1 Å². The van der Waals surface area contributed by atoms with Gasteiger partial charge in [0.25, 0.3) is 0 Å². The van der Waals surface area contributed by atoms with Crippen LogP contribution in [0.4, 0.5) is 18.9 Å². The zero-order chi connectivity index (χ0) is 21.7. The van der Waals surface area contributed by atoms with Crippen molar-refractivity contribution in [3.8, 4) is 11.4 Å². The summed E-state index contributed by atoms with van der Waals surface area (Å²) in [5, 5.41) is 13.6. The van der Waals surface area contributed by atoms with Crippen LogP contribution in [0, 0.1) is 0 Å². The van der Waals surface area contributed by atoms with Gasteiger partial charge in [-0.05, 0) is 37.6 Å². The molecule has 3 rings (SSSR count). The molecule has 0 aliphatic carbocycles. The molecule has 2 aromatic heterocycles. The second kappa shape index (κ2) is 9.65. The summed E-state index contributed by atoms with van der Waals surface area (Å²) >= 11 is 2.89. The SMILES string of the molecule is CCCc1cc(-c2nnc(SCC(=O)Nc3cccc(C(F)(F)F)c3)n2CC)cs1. The number of thioether (sulfide) groups is 1. The standard InChI is InChI=1S/C20H21F3N4OS2/c1-3-6-16-9-13(11-29-16)18-25-26-19(27(18)4-2)30-12-17(28)24-15-8-5-7-14(10-15)20(21,22)23/h5,7-11H,3-4,6,12H2,1-2H3,(H,24,28). The van der Waals surface area contributed by atoms with Gasteiger partial charge in [-0.15, -0.1) is 21.5 Å². The van der Waals surface area contributed by atoms with E-state index in [1.54, 1.807) is 11.3 Å². The first-order chi connectivity index (χ1) is 14.3. The molecule has 30 heavy (non-hydrogen) atoms. The van der Waals surface area contributed by atoms with Crippen LogP contribution in [0.25, 0.3) is 11.4 Å². The van der Waals surface area contributed by atoms with Crippen molar-refractivity contribution >= 4 is 34.7 Å². The lowest BCUT2D eigenvalue weighted by Crippen LogP contribution is -2.15. The Morgan fingerprint density at radius 3 is 2.73 bits per heavy atom. The predicted octanol–water partition coefficient (Wildman–Crippen LogP) is 5.73. The minimum atomic E-state index is -4.46. The van der Waals surface area contributed by atoms with E-state index < -0.39 is 17.6 Å². The first-order valence-corrected chi connectivity index (χ1v) is 11.3. The lowest BCUT2D eigenvalue weighted by atomic mass is 10.2. The van der Waals surface area contributed by atoms with Gasteiger partial charge in [-0.25, -0.2) is 0 Å². The van der Waals surface area contributed by atoms with Crippen LogP contribution in [0.15, 0.2) is 40.9 Å².